The van der Waals surface area contributed by atoms with Crippen LogP contribution in [0, 0.1) is 0 Å². The molecule has 16 heteroatoms. The van der Waals surface area contributed by atoms with Crippen LogP contribution in [0.5, 0.6) is 0 Å². The number of amides is 1. The molecule has 340 valence electrons. The molecule has 0 aromatic heterocycles. The van der Waals surface area contributed by atoms with Crippen LogP contribution in [0.15, 0.2) is 142 Å². The first-order valence-corrected chi connectivity index (χ1v) is 25.2. The molecular weight excluding hydrogens is 901 g/mol. The molecule has 64 heavy (non-hydrogen) atoms. The minimum absolute atomic E-state index is 0.0128. The third-order valence-electron chi connectivity index (χ3n) is 11.1. The molecule has 0 aliphatic carbocycles. The summed E-state index contributed by atoms with van der Waals surface area (Å²) in [6.45, 7) is 10.9. The second-order valence-electron chi connectivity index (χ2n) is 16.2. The first-order chi connectivity index (χ1) is 30.3. The first-order valence-electron chi connectivity index (χ1n) is 20.9. The molecule has 6 rings (SSSR count). The number of rotatable bonds is 18. The van der Waals surface area contributed by atoms with E-state index < -0.39 is 52.8 Å². The van der Waals surface area contributed by atoms with Crippen LogP contribution in [-0.4, -0.2) is 81.6 Å². The number of nitrogens with one attached hydrogen (secondary N) is 2. The van der Waals surface area contributed by atoms with Crippen LogP contribution in [0.2, 0.25) is 5.02 Å². The lowest BCUT2D eigenvalue weighted by molar-refractivity contribution is -0.0435. The maximum Gasteiger partial charge on any atom is 0.501 e. The topological polar surface area (TPSA) is 116 Å². The third kappa shape index (κ3) is 12.4. The quantitative estimate of drug-likeness (QED) is 0.0829. The highest BCUT2D eigenvalue weighted by molar-refractivity contribution is 7.99. The smallest absolute Gasteiger partial charge is 0.380 e. The largest absolute Gasteiger partial charge is 0.501 e. The molecule has 2 N–H and O–H groups in total. The zero-order valence-electron chi connectivity index (χ0n) is 36.0. The zero-order chi connectivity index (χ0) is 46.2. The normalized spacial score (nSPS) is 14.5. The monoisotopic (exact) mass is 952 g/mol. The number of hydrogen-bond acceptors (Lipinski definition) is 9. The lowest BCUT2D eigenvalue weighted by Gasteiger charge is -2.32. The Labute approximate surface area is 384 Å². The Balaban J connectivity index is 1.16. The molecular formula is C48H52ClF3N4O5S3. The van der Waals surface area contributed by atoms with Gasteiger partial charge in [-0.2, -0.15) is 13.2 Å². The van der Waals surface area contributed by atoms with Crippen LogP contribution in [0.1, 0.15) is 62.0 Å². The fourth-order valence-electron chi connectivity index (χ4n) is 7.69. The Morgan fingerprint density at radius 1 is 0.828 bits per heavy atom. The average molecular weight is 954 g/mol. The van der Waals surface area contributed by atoms with E-state index in [1.54, 1.807) is 12.1 Å². The van der Waals surface area contributed by atoms with Gasteiger partial charge in [0.25, 0.3) is 25.8 Å². The summed E-state index contributed by atoms with van der Waals surface area (Å²) in [5.41, 5.74) is -0.840. The minimum atomic E-state index is -6.06. The molecule has 1 aliphatic rings. The average Bonchev–Trinajstić information content (AvgIpc) is 3.26. The predicted octanol–water partition coefficient (Wildman–Crippen LogP) is 10.8. The number of halogens is 4. The Morgan fingerprint density at radius 2 is 1.47 bits per heavy atom. The van der Waals surface area contributed by atoms with Crippen LogP contribution in [0.4, 0.5) is 18.9 Å². The fourth-order valence-corrected chi connectivity index (χ4v) is 10.8. The van der Waals surface area contributed by atoms with Crippen molar-refractivity contribution in [3.05, 3.63) is 149 Å². The molecule has 1 atom stereocenters. The van der Waals surface area contributed by atoms with Gasteiger partial charge in [-0.05, 0) is 123 Å². The lowest BCUT2D eigenvalue weighted by Crippen LogP contribution is -2.40. The number of carbonyl (C=O) groups is 1. The Hall–Kier alpha value is -4.64. The van der Waals surface area contributed by atoms with Crippen molar-refractivity contribution >= 4 is 60.4 Å². The number of sulfone groups is 1. The van der Waals surface area contributed by atoms with E-state index in [0.717, 1.165) is 58.8 Å². The van der Waals surface area contributed by atoms with E-state index in [-0.39, 0.29) is 17.6 Å². The Morgan fingerprint density at radius 3 is 2.09 bits per heavy atom. The van der Waals surface area contributed by atoms with Gasteiger partial charge in [0.05, 0.1) is 10.6 Å². The van der Waals surface area contributed by atoms with Crippen LogP contribution in [0.25, 0.3) is 16.7 Å². The summed E-state index contributed by atoms with van der Waals surface area (Å²) >= 11 is 7.56. The number of hydrogen-bond donors (Lipinski definition) is 2. The summed E-state index contributed by atoms with van der Waals surface area (Å²) in [7, 11) is -10.9. The number of carbonyl (C=O) groups excluding carboxylic acids is 1. The van der Waals surface area contributed by atoms with Gasteiger partial charge in [0, 0.05) is 65.5 Å². The van der Waals surface area contributed by atoms with Crippen LogP contribution in [-0.2, 0) is 26.4 Å². The molecule has 5 aromatic carbocycles. The van der Waals surface area contributed by atoms with Crippen LogP contribution in [0.3, 0.4) is 0 Å². The predicted molar refractivity (Wildman–Crippen MR) is 252 cm³/mol. The number of benzene rings is 5. The SMILES string of the molecule is CC(C)N(CC[C@H](CSc1ccccc1)Nc1ccc(S(=O)(=O)NC(=O)c2ccc(C3=CCN(Cc4ccccc4-c4ccc(Cl)cc4)CC3)cc2)cc1S(=O)(=O)C(F)(F)F)C(C)C. The van der Waals surface area contributed by atoms with E-state index >= 15 is 0 Å². The highest BCUT2D eigenvalue weighted by Crippen LogP contribution is 2.37. The molecule has 0 radical (unpaired) electrons. The number of nitrogens with zero attached hydrogens (tertiary/aromatic N) is 2. The van der Waals surface area contributed by atoms with E-state index in [9.17, 15) is 34.8 Å². The van der Waals surface area contributed by atoms with E-state index in [2.05, 4.69) is 33.3 Å². The molecule has 0 fully saturated rings. The van der Waals surface area contributed by atoms with Crippen molar-refractivity contribution in [3.8, 4) is 11.1 Å². The number of sulfonamides is 1. The molecule has 1 aliphatic heterocycles. The van der Waals surface area contributed by atoms with Gasteiger partial charge in [-0.3, -0.25) is 14.6 Å². The summed E-state index contributed by atoms with van der Waals surface area (Å²) in [5, 5.41) is 3.68. The second-order valence-corrected chi connectivity index (χ2v) is 21.3. The first kappa shape index (κ1) is 48.8. The van der Waals surface area contributed by atoms with Crippen LogP contribution < -0.4 is 10.0 Å². The van der Waals surface area contributed by atoms with E-state index in [4.69, 9.17) is 11.6 Å². The molecule has 0 unspecified atom stereocenters. The number of thioether (sulfide) groups is 1. The highest BCUT2D eigenvalue weighted by Gasteiger charge is 2.48. The van der Waals surface area contributed by atoms with Gasteiger partial charge in [0.2, 0.25) is 0 Å². The molecule has 1 heterocycles. The highest BCUT2D eigenvalue weighted by atomic mass is 35.5. The number of alkyl halides is 3. The van der Waals surface area contributed by atoms with E-state index in [0.29, 0.717) is 36.4 Å². The summed E-state index contributed by atoms with van der Waals surface area (Å²) < 4.78 is 97.8. The summed E-state index contributed by atoms with van der Waals surface area (Å²) in [6.07, 6.45) is 3.29. The molecule has 1 amide bonds. The summed E-state index contributed by atoms with van der Waals surface area (Å²) in [5.74, 6) is -0.666. The van der Waals surface area contributed by atoms with E-state index in [1.165, 1.54) is 29.5 Å². The number of anilines is 1. The third-order valence-corrected chi connectivity index (χ3v) is 15.4. The summed E-state index contributed by atoms with van der Waals surface area (Å²) in [6, 6.07) is 34.0. The zero-order valence-corrected chi connectivity index (χ0v) is 39.2. The Kier molecular flexibility index (Phi) is 16.1. The molecule has 0 bridgehead atoms. The maximum atomic E-state index is 14.2. The van der Waals surface area contributed by atoms with Gasteiger partial charge in [0.1, 0.15) is 4.90 Å². The standard InChI is InChI=1S/C48H52ClF3N4O5S3/c1-33(2)56(34(3)4)29-26-41(32-62-42-11-6-5-7-12-42)53-45-23-22-43(30-46(45)63(58,59)48(50,51)52)64(60,61)54-47(57)38-16-14-35(15-17-38)36-24-27-55(28-25-36)31-39-10-8-9-13-44(39)37-18-20-40(49)21-19-37/h5-24,30,33-34,41,53H,25-29,31-32H2,1-4H3,(H,54,57)/t41-/m1/s1. The molecule has 0 saturated carbocycles. The maximum absolute atomic E-state index is 14.2. The van der Waals surface area contributed by atoms with Crippen molar-refractivity contribution < 1.29 is 34.8 Å². The van der Waals surface area contributed by atoms with Crippen molar-refractivity contribution in [2.75, 3.05) is 30.7 Å². The van der Waals surface area contributed by atoms with Gasteiger partial charge in [-0.15, -0.1) is 11.8 Å². The van der Waals surface area contributed by atoms with Crippen molar-refractivity contribution in [2.45, 2.75) is 85.4 Å². The summed E-state index contributed by atoms with van der Waals surface area (Å²) in [4.78, 5) is 16.7. The van der Waals surface area contributed by atoms with E-state index in [1.807, 2.05) is 99.1 Å². The van der Waals surface area contributed by atoms with Crippen molar-refractivity contribution in [3.63, 3.8) is 0 Å². The van der Waals surface area contributed by atoms with Gasteiger partial charge >= 0.3 is 5.51 Å². The van der Waals surface area contributed by atoms with Gasteiger partial charge in [0.15, 0.2) is 0 Å². The fraction of sp³-hybridized carbons (Fsp3) is 0.312. The molecule has 9 nitrogen and oxygen atoms in total. The van der Waals surface area contributed by atoms with Crippen molar-refractivity contribution in [1.82, 2.24) is 14.5 Å². The van der Waals surface area contributed by atoms with Crippen molar-refractivity contribution in [2.24, 2.45) is 0 Å². The lowest BCUT2D eigenvalue weighted by atomic mass is 9.96. The molecule has 5 aromatic rings. The minimum Gasteiger partial charge on any atom is -0.380 e. The second kappa shape index (κ2) is 21.1. The molecule has 0 spiro atoms. The Bertz CT molecular complexity index is 2640. The van der Waals surface area contributed by atoms with Gasteiger partial charge in [-0.1, -0.05) is 84.4 Å². The van der Waals surface area contributed by atoms with Gasteiger partial charge in [-0.25, -0.2) is 21.6 Å². The molecule has 0 saturated heterocycles. The van der Waals surface area contributed by atoms with Gasteiger partial charge < -0.3 is 5.32 Å². The van der Waals surface area contributed by atoms with Crippen LogP contribution >= 0.6 is 23.4 Å². The van der Waals surface area contributed by atoms with Crippen molar-refractivity contribution in [1.29, 1.82) is 0 Å².